The van der Waals surface area contributed by atoms with Crippen LogP contribution in [0.1, 0.15) is 51.6 Å². The molecule has 0 radical (unpaired) electrons. The fourth-order valence-electron chi connectivity index (χ4n) is 3.23. The fourth-order valence-corrected chi connectivity index (χ4v) is 3.92. The average molecular weight is 379 g/mol. The standard InChI is InChI=1S/C18H23BrN2O2/c1-18(2,3)23-17(22)21-11-7-6-10-14(21)15-12-8-4-5-9-13(12)20-16(15)19/h4-5,8-9,14,20H,6-7,10-11H2,1-3H3. The lowest BCUT2D eigenvalue weighted by Gasteiger charge is -2.37. The van der Waals surface area contributed by atoms with Gasteiger partial charge in [-0.2, -0.15) is 0 Å². The van der Waals surface area contributed by atoms with E-state index >= 15 is 0 Å². The Morgan fingerprint density at radius 3 is 2.78 bits per heavy atom. The Labute approximate surface area is 145 Å². The zero-order valence-electron chi connectivity index (χ0n) is 13.9. The molecule has 0 saturated carbocycles. The monoisotopic (exact) mass is 378 g/mol. The van der Waals surface area contributed by atoms with Crippen LogP contribution in [0, 0.1) is 0 Å². The number of para-hydroxylation sites is 1. The first-order valence-corrected chi connectivity index (χ1v) is 8.92. The van der Waals surface area contributed by atoms with Crippen molar-refractivity contribution in [3.8, 4) is 0 Å². The second-order valence-corrected chi connectivity index (χ2v) is 7.88. The number of hydrogen-bond donors (Lipinski definition) is 1. The van der Waals surface area contributed by atoms with Gasteiger partial charge in [0.15, 0.2) is 0 Å². The third-order valence-corrected chi connectivity index (χ3v) is 4.79. The number of nitrogens with one attached hydrogen (secondary N) is 1. The molecule has 1 N–H and O–H groups in total. The number of piperidine rings is 1. The van der Waals surface area contributed by atoms with Crippen LogP contribution in [0.4, 0.5) is 4.79 Å². The number of benzene rings is 1. The van der Waals surface area contributed by atoms with Crippen molar-refractivity contribution in [3.05, 3.63) is 34.4 Å². The summed E-state index contributed by atoms with van der Waals surface area (Å²) in [4.78, 5) is 17.9. The Hall–Kier alpha value is -1.49. The second kappa shape index (κ2) is 6.19. The van der Waals surface area contributed by atoms with Gasteiger partial charge in [0.2, 0.25) is 0 Å². The maximum Gasteiger partial charge on any atom is 0.410 e. The van der Waals surface area contributed by atoms with E-state index in [9.17, 15) is 4.79 Å². The maximum absolute atomic E-state index is 12.6. The normalized spacial score (nSPS) is 19.1. The number of aromatic amines is 1. The highest BCUT2D eigenvalue weighted by Gasteiger charge is 2.33. The van der Waals surface area contributed by atoms with Crippen LogP contribution in [0.3, 0.4) is 0 Å². The number of carbonyl (C=O) groups is 1. The molecule has 1 aliphatic rings. The second-order valence-electron chi connectivity index (χ2n) is 7.08. The third kappa shape index (κ3) is 3.39. The van der Waals surface area contributed by atoms with Crippen molar-refractivity contribution in [1.29, 1.82) is 0 Å². The zero-order valence-corrected chi connectivity index (χ0v) is 15.4. The lowest BCUT2D eigenvalue weighted by molar-refractivity contribution is 0.00961. The molecule has 4 nitrogen and oxygen atoms in total. The molecule has 1 aliphatic heterocycles. The van der Waals surface area contributed by atoms with E-state index in [1.807, 2.05) is 37.8 Å². The van der Waals surface area contributed by atoms with Gasteiger partial charge >= 0.3 is 6.09 Å². The molecule has 1 unspecified atom stereocenters. The molecular formula is C18H23BrN2O2. The number of fused-ring (bicyclic) bond motifs is 1. The Balaban J connectivity index is 1.98. The molecule has 1 saturated heterocycles. The van der Waals surface area contributed by atoms with E-state index in [-0.39, 0.29) is 12.1 Å². The van der Waals surface area contributed by atoms with Crippen molar-refractivity contribution in [3.63, 3.8) is 0 Å². The SMILES string of the molecule is CC(C)(C)OC(=O)N1CCCCC1c1c(Br)[nH]c2ccccc12. The molecule has 1 atom stereocenters. The summed E-state index contributed by atoms with van der Waals surface area (Å²) in [5, 5.41) is 1.17. The van der Waals surface area contributed by atoms with Crippen LogP contribution in [0.15, 0.2) is 28.9 Å². The Bertz CT molecular complexity index is 717. The van der Waals surface area contributed by atoms with Gasteiger partial charge in [0.1, 0.15) is 5.60 Å². The lowest BCUT2D eigenvalue weighted by atomic mass is 9.95. The van der Waals surface area contributed by atoms with Crippen molar-refractivity contribution in [2.75, 3.05) is 6.54 Å². The van der Waals surface area contributed by atoms with E-state index in [0.29, 0.717) is 0 Å². The lowest BCUT2D eigenvalue weighted by Crippen LogP contribution is -2.41. The first-order valence-electron chi connectivity index (χ1n) is 8.12. The van der Waals surface area contributed by atoms with Crippen molar-refractivity contribution in [2.24, 2.45) is 0 Å². The van der Waals surface area contributed by atoms with Gasteiger partial charge in [-0.3, -0.25) is 0 Å². The van der Waals surface area contributed by atoms with Gasteiger partial charge in [-0.05, 0) is 62.0 Å². The van der Waals surface area contributed by atoms with E-state index in [2.05, 4.69) is 33.0 Å². The maximum atomic E-state index is 12.6. The van der Waals surface area contributed by atoms with Crippen LogP contribution in [0.5, 0.6) is 0 Å². The highest BCUT2D eigenvalue weighted by Crippen LogP contribution is 2.40. The number of aromatic nitrogens is 1. The number of halogens is 1. The molecule has 23 heavy (non-hydrogen) atoms. The van der Waals surface area contributed by atoms with Gasteiger partial charge in [0.05, 0.1) is 10.6 Å². The minimum Gasteiger partial charge on any atom is -0.444 e. The van der Waals surface area contributed by atoms with Crippen LogP contribution in [0.2, 0.25) is 0 Å². The summed E-state index contributed by atoms with van der Waals surface area (Å²) < 4.78 is 6.58. The molecular weight excluding hydrogens is 356 g/mol. The predicted octanol–water partition coefficient (Wildman–Crippen LogP) is 5.39. The molecule has 0 aliphatic carbocycles. The quantitative estimate of drug-likeness (QED) is 0.722. The van der Waals surface area contributed by atoms with Gasteiger partial charge < -0.3 is 14.6 Å². The minimum absolute atomic E-state index is 0.0455. The first-order chi connectivity index (χ1) is 10.9. The molecule has 3 rings (SSSR count). The van der Waals surface area contributed by atoms with Gasteiger partial charge in [-0.1, -0.05) is 18.2 Å². The van der Waals surface area contributed by atoms with Gasteiger partial charge in [0.25, 0.3) is 0 Å². The summed E-state index contributed by atoms with van der Waals surface area (Å²) in [6, 6.07) is 8.26. The summed E-state index contributed by atoms with van der Waals surface area (Å²) >= 11 is 3.65. The van der Waals surface area contributed by atoms with Crippen molar-refractivity contribution >= 4 is 32.9 Å². The summed E-state index contributed by atoms with van der Waals surface area (Å²) in [6.07, 6.45) is 2.88. The molecule has 5 heteroatoms. The van der Waals surface area contributed by atoms with E-state index in [1.165, 1.54) is 5.39 Å². The Kier molecular flexibility index (Phi) is 4.41. The average Bonchev–Trinajstić information content (AvgIpc) is 2.81. The van der Waals surface area contributed by atoms with E-state index < -0.39 is 5.60 Å². The summed E-state index contributed by atoms with van der Waals surface area (Å²) in [5.74, 6) is 0. The molecule has 0 spiro atoms. The highest BCUT2D eigenvalue weighted by molar-refractivity contribution is 9.10. The highest BCUT2D eigenvalue weighted by atomic mass is 79.9. The van der Waals surface area contributed by atoms with Crippen LogP contribution in [-0.4, -0.2) is 28.1 Å². The number of likely N-dealkylation sites (tertiary alicyclic amines) is 1. The minimum atomic E-state index is -0.476. The number of hydrogen-bond acceptors (Lipinski definition) is 2. The smallest absolute Gasteiger partial charge is 0.410 e. The van der Waals surface area contributed by atoms with Crippen molar-refractivity contribution in [2.45, 2.75) is 51.7 Å². The molecule has 1 aromatic carbocycles. The molecule has 124 valence electrons. The van der Waals surface area contributed by atoms with Crippen LogP contribution < -0.4 is 0 Å². The van der Waals surface area contributed by atoms with Gasteiger partial charge in [0, 0.05) is 23.0 Å². The topological polar surface area (TPSA) is 45.3 Å². The number of amides is 1. The summed E-state index contributed by atoms with van der Waals surface area (Å²) in [6.45, 7) is 6.47. The van der Waals surface area contributed by atoms with Crippen LogP contribution in [-0.2, 0) is 4.74 Å². The molecule has 0 bridgehead atoms. The molecule has 1 aromatic heterocycles. The van der Waals surface area contributed by atoms with Crippen molar-refractivity contribution < 1.29 is 9.53 Å². The summed E-state index contributed by atoms with van der Waals surface area (Å²) in [7, 11) is 0. The number of H-pyrrole nitrogens is 1. The molecule has 1 fully saturated rings. The van der Waals surface area contributed by atoms with Crippen LogP contribution in [0.25, 0.3) is 10.9 Å². The number of ether oxygens (including phenoxy) is 1. The summed E-state index contributed by atoms with van der Waals surface area (Å²) in [5.41, 5.74) is 1.77. The van der Waals surface area contributed by atoms with Crippen molar-refractivity contribution in [1.82, 2.24) is 9.88 Å². The molecule has 1 amide bonds. The van der Waals surface area contributed by atoms with E-state index in [4.69, 9.17) is 4.74 Å². The van der Waals surface area contributed by atoms with Gasteiger partial charge in [-0.25, -0.2) is 4.79 Å². The van der Waals surface area contributed by atoms with E-state index in [0.717, 1.165) is 41.5 Å². The van der Waals surface area contributed by atoms with Crippen LogP contribution >= 0.6 is 15.9 Å². The fraction of sp³-hybridized carbons (Fsp3) is 0.500. The van der Waals surface area contributed by atoms with Gasteiger partial charge in [-0.15, -0.1) is 0 Å². The predicted molar refractivity (Wildman–Crippen MR) is 95.5 cm³/mol. The Morgan fingerprint density at radius 1 is 1.30 bits per heavy atom. The Morgan fingerprint density at radius 2 is 2.04 bits per heavy atom. The largest absolute Gasteiger partial charge is 0.444 e. The number of rotatable bonds is 1. The first kappa shape index (κ1) is 16.4. The zero-order chi connectivity index (χ0) is 16.6. The number of carbonyl (C=O) groups excluding carboxylic acids is 1. The number of nitrogens with zero attached hydrogens (tertiary/aromatic N) is 1. The van der Waals surface area contributed by atoms with E-state index in [1.54, 1.807) is 0 Å². The molecule has 2 aromatic rings. The molecule has 2 heterocycles. The third-order valence-electron chi connectivity index (χ3n) is 4.16.